The second-order valence-electron chi connectivity index (χ2n) is 2.01. The number of hydrogen-bond acceptors (Lipinski definition) is 0. The second kappa shape index (κ2) is 29.3. The van der Waals surface area contributed by atoms with Crippen LogP contribution in [0.1, 0.15) is 48.5 Å². The van der Waals surface area contributed by atoms with Gasteiger partial charge in [0.2, 0.25) is 0 Å². The van der Waals surface area contributed by atoms with E-state index in [0.29, 0.717) is 0 Å². The lowest BCUT2D eigenvalue weighted by molar-refractivity contribution is 1.50. The van der Waals surface area contributed by atoms with Crippen molar-refractivity contribution in [3.8, 4) is 0 Å². The van der Waals surface area contributed by atoms with Gasteiger partial charge in [-0.25, -0.2) is 0 Å². The topological polar surface area (TPSA) is 0 Å². The summed E-state index contributed by atoms with van der Waals surface area (Å²) in [7, 11) is 0. The fourth-order valence-corrected chi connectivity index (χ4v) is 0.811. The van der Waals surface area contributed by atoms with E-state index in [4.69, 9.17) is 0 Å². The van der Waals surface area contributed by atoms with Gasteiger partial charge < -0.3 is 0 Å². The minimum absolute atomic E-state index is 1.05. The highest BCUT2D eigenvalue weighted by atomic mass is 14.0. The van der Waals surface area contributed by atoms with Crippen LogP contribution in [0.15, 0.2) is 61.3 Å². The van der Waals surface area contributed by atoms with E-state index in [2.05, 4.69) is 19.7 Å². The van der Waals surface area contributed by atoms with Gasteiger partial charge >= 0.3 is 0 Å². The average molecular weight is 236 g/mol. The van der Waals surface area contributed by atoms with Crippen LogP contribution in [-0.2, 0) is 0 Å². The lowest BCUT2D eigenvalue weighted by atomic mass is 10.1. The molecule has 17 heavy (non-hydrogen) atoms. The Bertz CT molecular complexity index is 214. The molecule has 0 aliphatic rings. The van der Waals surface area contributed by atoms with E-state index in [1.165, 1.54) is 0 Å². The summed E-state index contributed by atoms with van der Waals surface area (Å²) in [6, 6.07) is 0. The first-order valence-electron chi connectivity index (χ1n) is 6.54. The summed E-state index contributed by atoms with van der Waals surface area (Å²) in [5, 5.41) is 0. The van der Waals surface area contributed by atoms with Gasteiger partial charge in [-0.15, -0.1) is 0 Å². The molecule has 0 heterocycles. The molecule has 0 bridgehead atoms. The van der Waals surface area contributed by atoms with Gasteiger partial charge in [-0.1, -0.05) is 91.7 Å². The van der Waals surface area contributed by atoms with Crippen LogP contribution in [0.25, 0.3) is 0 Å². The normalized spacial score (nSPS) is 9.12. The van der Waals surface area contributed by atoms with Gasteiger partial charge in [0.25, 0.3) is 0 Å². The Morgan fingerprint density at radius 2 is 1.06 bits per heavy atom. The molecule has 0 aromatic rings. The first-order chi connectivity index (χ1) is 8.29. The van der Waals surface area contributed by atoms with Crippen LogP contribution >= 0.6 is 0 Å². The molecule has 0 fully saturated rings. The Kier molecular flexibility index (Phi) is 42.7. The largest absolute Gasteiger partial charge is 0.0990 e. The molecule has 0 unspecified atom stereocenters. The maximum absolute atomic E-state index is 3.69. The van der Waals surface area contributed by atoms with Gasteiger partial charge in [-0.3, -0.25) is 0 Å². The molecule has 0 aromatic carbocycles. The lowest BCUT2D eigenvalue weighted by Crippen LogP contribution is -1.79. The summed E-state index contributed by atoms with van der Waals surface area (Å²) >= 11 is 0. The standard InChI is InChI=1S/C11H14.3C2H6/c1-5-9-11(8-4)10(6-2)7-3;3*1-2/h5-9H,1-2,4H2,3H3;3*1-2H3/b10-7-,11-9-;;;. The molecule has 0 atom stereocenters. The fourth-order valence-electron chi connectivity index (χ4n) is 0.811. The molecule has 0 rings (SSSR count). The van der Waals surface area contributed by atoms with Crippen molar-refractivity contribution in [2.24, 2.45) is 0 Å². The zero-order valence-corrected chi connectivity index (χ0v) is 13.0. The van der Waals surface area contributed by atoms with Crippen molar-refractivity contribution in [1.29, 1.82) is 0 Å². The van der Waals surface area contributed by atoms with Crippen LogP contribution in [0, 0.1) is 0 Å². The third kappa shape index (κ3) is 17.3. The van der Waals surface area contributed by atoms with Crippen molar-refractivity contribution in [1.82, 2.24) is 0 Å². The minimum atomic E-state index is 1.05. The maximum Gasteiger partial charge on any atom is -0.0194 e. The minimum Gasteiger partial charge on any atom is -0.0990 e. The van der Waals surface area contributed by atoms with Gasteiger partial charge in [-0.05, 0) is 18.1 Å². The molecule has 0 saturated heterocycles. The Morgan fingerprint density at radius 1 is 0.706 bits per heavy atom. The zero-order chi connectivity index (χ0) is 14.7. The Labute approximate surface area is 110 Å². The van der Waals surface area contributed by atoms with Crippen molar-refractivity contribution in [2.45, 2.75) is 48.5 Å². The second-order valence-corrected chi connectivity index (χ2v) is 2.01. The zero-order valence-electron chi connectivity index (χ0n) is 13.0. The monoisotopic (exact) mass is 236 g/mol. The van der Waals surface area contributed by atoms with E-state index in [1.807, 2.05) is 60.6 Å². The quantitative estimate of drug-likeness (QED) is 0.489. The molecular weight excluding hydrogens is 204 g/mol. The molecule has 0 heteroatoms. The summed E-state index contributed by atoms with van der Waals surface area (Å²) in [4.78, 5) is 0. The molecule has 0 saturated carbocycles. The highest BCUT2D eigenvalue weighted by molar-refractivity contribution is 5.46. The molecule has 0 nitrogen and oxygen atoms in total. The van der Waals surface area contributed by atoms with Gasteiger partial charge in [0, 0.05) is 0 Å². The van der Waals surface area contributed by atoms with E-state index >= 15 is 0 Å². The lowest BCUT2D eigenvalue weighted by Gasteiger charge is -1.99. The smallest absolute Gasteiger partial charge is 0.0194 e. The van der Waals surface area contributed by atoms with Crippen molar-refractivity contribution in [3.63, 3.8) is 0 Å². The van der Waals surface area contributed by atoms with Crippen molar-refractivity contribution in [3.05, 3.63) is 61.3 Å². The van der Waals surface area contributed by atoms with Crippen LogP contribution in [-0.4, -0.2) is 0 Å². The van der Waals surface area contributed by atoms with E-state index in [-0.39, 0.29) is 0 Å². The van der Waals surface area contributed by atoms with Crippen molar-refractivity contribution in [2.75, 3.05) is 0 Å². The van der Waals surface area contributed by atoms with Crippen molar-refractivity contribution >= 4 is 0 Å². The van der Waals surface area contributed by atoms with Gasteiger partial charge in [-0.2, -0.15) is 0 Å². The van der Waals surface area contributed by atoms with Crippen LogP contribution in [0.3, 0.4) is 0 Å². The summed E-state index contributed by atoms with van der Waals surface area (Å²) in [6.07, 6.45) is 9.23. The van der Waals surface area contributed by atoms with Crippen molar-refractivity contribution < 1.29 is 0 Å². The molecule has 0 aliphatic heterocycles. The first kappa shape index (κ1) is 24.8. The first-order valence-corrected chi connectivity index (χ1v) is 6.54. The Balaban J connectivity index is -0.000000121. The molecule has 100 valence electrons. The number of rotatable bonds is 4. The molecule has 0 aliphatic carbocycles. The summed E-state index contributed by atoms with van der Waals surface area (Å²) in [5.74, 6) is 0. The van der Waals surface area contributed by atoms with Gasteiger partial charge in [0.1, 0.15) is 0 Å². The summed E-state index contributed by atoms with van der Waals surface area (Å²) < 4.78 is 0. The molecule has 0 aromatic heterocycles. The van der Waals surface area contributed by atoms with Gasteiger partial charge in [0.05, 0.1) is 0 Å². The molecule has 0 spiro atoms. The predicted molar refractivity (Wildman–Crippen MR) is 86.5 cm³/mol. The van der Waals surface area contributed by atoms with Crippen LogP contribution < -0.4 is 0 Å². The summed E-state index contributed by atoms with van der Waals surface area (Å²) in [6.45, 7) is 25.0. The van der Waals surface area contributed by atoms with Gasteiger partial charge in [0.15, 0.2) is 0 Å². The van der Waals surface area contributed by atoms with Crippen LogP contribution in [0.2, 0.25) is 0 Å². The average Bonchev–Trinajstić information content (AvgIpc) is 2.45. The fraction of sp³-hybridized carbons (Fsp3) is 0.412. The number of allylic oxidation sites excluding steroid dienone is 7. The third-order valence-electron chi connectivity index (χ3n) is 1.38. The maximum atomic E-state index is 3.69. The van der Waals surface area contributed by atoms with E-state index in [0.717, 1.165) is 11.1 Å². The van der Waals surface area contributed by atoms with E-state index < -0.39 is 0 Å². The van der Waals surface area contributed by atoms with Crippen LogP contribution in [0.5, 0.6) is 0 Å². The molecule has 0 N–H and O–H groups in total. The van der Waals surface area contributed by atoms with E-state index in [9.17, 15) is 0 Å². The van der Waals surface area contributed by atoms with Crippen LogP contribution in [0.4, 0.5) is 0 Å². The Hall–Kier alpha value is -1.30. The molecular formula is C17H32. The molecule has 0 amide bonds. The highest BCUT2D eigenvalue weighted by Gasteiger charge is 1.91. The number of hydrogen-bond donors (Lipinski definition) is 0. The summed E-state index contributed by atoms with van der Waals surface area (Å²) in [5.41, 5.74) is 2.14. The Morgan fingerprint density at radius 3 is 1.24 bits per heavy atom. The SMILES string of the molecule is C=C/C=C(C=C)\C(C=C)=C/C.CC.CC.CC. The van der Waals surface area contributed by atoms with E-state index in [1.54, 1.807) is 18.2 Å². The third-order valence-corrected chi connectivity index (χ3v) is 1.38. The highest BCUT2D eigenvalue weighted by Crippen LogP contribution is 2.11. The predicted octanol–water partition coefficient (Wildman–Crippen LogP) is 6.50. The molecule has 0 radical (unpaired) electrons.